The number of methoxy groups -OCH3 is 1. The number of carbonyl (C=O) groups excluding carboxylic acids is 1. The van der Waals surface area contributed by atoms with E-state index in [1.54, 1.807) is 18.2 Å². The molecule has 1 aromatic rings. The monoisotopic (exact) mass is 311 g/mol. The predicted molar refractivity (Wildman–Crippen MR) is 84.1 cm³/mol. The minimum atomic E-state index is -0.608. The zero-order valence-electron chi connectivity index (χ0n) is 13.3. The molecule has 7 heteroatoms. The summed E-state index contributed by atoms with van der Waals surface area (Å²) in [4.78, 5) is 10.7. The van der Waals surface area contributed by atoms with Crippen LogP contribution in [0.3, 0.4) is 0 Å². The van der Waals surface area contributed by atoms with E-state index in [4.69, 9.17) is 15.2 Å². The minimum absolute atomic E-state index is 0.162. The first-order chi connectivity index (χ1) is 10.4. The number of aliphatic hydroxyl groups excluding tert-OH is 1. The standard InChI is InChI=1S/C15H25N3O4/c1-10(2)17-8-12(19)9-22-13-5-4-11(6-14(13)21-3)7-18-15(16)20/h4-6,10,12,17,19H,7-9H2,1-3H3,(H3,16,18,20)/t12-/m0/s1. The van der Waals surface area contributed by atoms with E-state index >= 15 is 0 Å². The van der Waals surface area contributed by atoms with E-state index < -0.39 is 12.1 Å². The number of carbonyl (C=O) groups is 1. The van der Waals surface area contributed by atoms with Gasteiger partial charge in [-0.3, -0.25) is 0 Å². The van der Waals surface area contributed by atoms with Crippen molar-refractivity contribution in [3.63, 3.8) is 0 Å². The quantitative estimate of drug-likeness (QED) is 0.534. The molecule has 0 fully saturated rings. The summed E-state index contributed by atoms with van der Waals surface area (Å²) < 4.78 is 10.8. The van der Waals surface area contributed by atoms with E-state index in [9.17, 15) is 9.90 Å². The zero-order valence-corrected chi connectivity index (χ0v) is 13.3. The molecule has 22 heavy (non-hydrogen) atoms. The van der Waals surface area contributed by atoms with Gasteiger partial charge in [0, 0.05) is 19.1 Å². The summed E-state index contributed by atoms with van der Waals surface area (Å²) in [5.41, 5.74) is 5.87. The van der Waals surface area contributed by atoms with Crippen LogP contribution >= 0.6 is 0 Å². The summed E-state index contributed by atoms with van der Waals surface area (Å²) >= 11 is 0. The highest BCUT2D eigenvalue weighted by Gasteiger charge is 2.10. The van der Waals surface area contributed by atoms with Crippen molar-refractivity contribution in [2.45, 2.75) is 32.5 Å². The number of ether oxygens (including phenoxy) is 2. The molecule has 0 aliphatic carbocycles. The fourth-order valence-electron chi connectivity index (χ4n) is 1.75. The van der Waals surface area contributed by atoms with Crippen LogP contribution in [0.15, 0.2) is 18.2 Å². The number of primary amides is 1. The average Bonchev–Trinajstić information content (AvgIpc) is 2.48. The predicted octanol–water partition coefficient (Wildman–Crippen LogP) is 0.601. The molecule has 1 aromatic carbocycles. The number of aliphatic hydroxyl groups is 1. The molecular weight excluding hydrogens is 286 g/mol. The molecule has 0 heterocycles. The van der Waals surface area contributed by atoms with Crippen LogP contribution in [0.4, 0.5) is 4.79 Å². The van der Waals surface area contributed by atoms with E-state index in [2.05, 4.69) is 10.6 Å². The van der Waals surface area contributed by atoms with Crippen molar-refractivity contribution >= 4 is 6.03 Å². The summed E-state index contributed by atoms with van der Waals surface area (Å²) in [6.45, 7) is 4.95. The van der Waals surface area contributed by atoms with Crippen molar-refractivity contribution in [2.75, 3.05) is 20.3 Å². The normalized spacial score (nSPS) is 12.0. The Bertz CT molecular complexity index is 480. The lowest BCUT2D eigenvalue weighted by Crippen LogP contribution is -2.35. The lowest BCUT2D eigenvalue weighted by molar-refractivity contribution is 0.103. The van der Waals surface area contributed by atoms with E-state index in [0.29, 0.717) is 30.6 Å². The molecule has 7 nitrogen and oxygen atoms in total. The van der Waals surface area contributed by atoms with Gasteiger partial charge in [-0.1, -0.05) is 19.9 Å². The highest BCUT2D eigenvalue weighted by Crippen LogP contribution is 2.28. The van der Waals surface area contributed by atoms with Crippen LogP contribution < -0.4 is 25.8 Å². The van der Waals surface area contributed by atoms with Gasteiger partial charge < -0.3 is 30.9 Å². The molecule has 1 atom stereocenters. The van der Waals surface area contributed by atoms with Gasteiger partial charge in [0.15, 0.2) is 11.5 Å². The number of benzene rings is 1. The highest BCUT2D eigenvalue weighted by atomic mass is 16.5. The lowest BCUT2D eigenvalue weighted by Gasteiger charge is -2.17. The lowest BCUT2D eigenvalue weighted by atomic mass is 10.2. The Labute approximate surface area is 130 Å². The van der Waals surface area contributed by atoms with E-state index in [1.807, 2.05) is 13.8 Å². The van der Waals surface area contributed by atoms with Crippen LogP contribution in [-0.2, 0) is 6.54 Å². The molecule has 5 N–H and O–H groups in total. The van der Waals surface area contributed by atoms with Crippen molar-refractivity contribution in [3.8, 4) is 11.5 Å². The van der Waals surface area contributed by atoms with Crippen LogP contribution in [0.25, 0.3) is 0 Å². The third-order valence-corrected chi connectivity index (χ3v) is 2.89. The third-order valence-electron chi connectivity index (χ3n) is 2.89. The molecule has 0 aromatic heterocycles. The summed E-state index contributed by atoms with van der Waals surface area (Å²) in [6, 6.07) is 5.01. The second kappa shape index (κ2) is 9.11. The SMILES string of the molecule is COc1cc(CNC(N)=O)ccc1OC[C@@H](O)CNC(C)C. The smallest absolute Gasteiger partial charge is 0.312 e. The van der Waals surface area contributed by atoms with Crippen LogP contribution in [0.5, 0.6) is 11.5 Å². The first-order valence-corrected chi connectivity index (χ1v) is 7.16. The van der Waals surface area contributed by atoms with Gasteiger partial charge in [0.1, 0.15) is 12.7 Å². The highest BCUT2D eigenvalue weighted by molar-refractivity contribution is 5.71. The van der Waals surface area contributed by atoms with Crippen molar-refractivity contribution in [3.05, 3.63) is 23.8 Å². The Morgan fingerprint density at radius 2 is 2.09 bits per heavy atom. The molecule has 0 radical (unpaired) electrons. The molecule has 124 valence electrons. The van der Waals surface area contributed by atoms with Gasteiger partial charge in [-0.15, -0.1) is 0 Å². The van der Waals surface area contributed by atoms with Gasteiger partial charge >= 0.3 is 6.03 Å². The van der Waals surface area contributed by atoms with Crippen LogP contribution in [0, 0.1) is 0 Å². The number of nitrogens with two attached hydrogens (primary N) is 1. The summed E-state index contributed by atoms with van der Waals surface area (Å²) in [6.07, 6.45) is -0.608. The molecule has 2 amide bonds. The number of amides is 2. The molecule has 0 aliphatic rings. The van der Waals surface area contributed by atoms with Crippen molar-refractivity contribution < 1.29 is 19.4 Å². The Balaban J connectivity index is 2.57. The van der Waals surface area contributed by atoms with Crippen LogP contribution in [0.1, 0.15) is 19.4 Å². The number of rotatable bonds is 9. The zero-order chi connectivity index (χ0) is 16.5. The second-order valence-electron chi connectivity index (χ2n) is 5.23. The minimum Gasteiger partial charge on any atom is -0.493 e. The molecule has 1 rings (SSSR count). The number of hydrogen-bond acceptors (Lipinski definition) is 5. The van der Waals surface area contributed by atoms with Gasteiger partial charge in [-0.2, -0.15) is 0 Å². The van der Waals surface area contributed by atoms with Gasteiger partial charge in [-0.05, 0) is 17.7 Å². The molecule has 0 saturated heterocycles. The Kier molecular flexibility index (Phi) is 7.48. The molecule has 0 aliphatic heterocycles. The Morgan fingerprint density at radius 1 is 1.36 bits per heavy atom. The van der Waals surface area contributed by atoms with E-state index in [1.165, 1.54) is 7.11 Å². The summed E-state index contributed by atoms with van der Waals surface area (Å²) in [5, 5.41) is 15.5. The number of nitrogens with one attached hydrogen (secondary N) is 2. The Morgan fingerprint density at radius 3 is 2.68 bits per heavy atom. The fourth-order valence-corrected chi connectivity index (χ4v) is 1.75. The molecule has 0 unspecified atom stereocenters. The van der Waals surface area contributed by atoms with Gasteiger partial charge in [0.2, 0.25) is 0 Å². The maximum Gasteiger partial charge on any atom is 0.312 e. The average molecular weight is 311 g/mol. The topological polar surface area (TPSA) is 106 Å². The molecular formula is C15H25N3O4. The van der Waals surface area contributed by atoms with Crippen LogP contribution in [-0.4, -0.2) is 43.5 Å². The number of hydrogen-bond donors (Lipinski definition) is 4. The second-order valence-corrected chi connectivity index (χ2v) is 5.23. The van der Waals surface area contributed by atoms with Crippen molar-refractivity contribution in [2.24, 2.45) is 5.73 Å². The fraction of sp³-hybridized carbons (Fsp3) is 0.533. The van der Waals surface area contributed by atoms with E-state index in [0.717, 1.165) is 5.56 Å². The number of urea groups is 1. The molecule has 0 spiro atoms. The van der Waals surface area contributed by atoms with E-state index in [-0.39, 0.29) is 6.61 Å². The first kappa shape index (κ1) is 18.1. The van der Waals surface area contributed by atoms with Crippen LogP contribution in [0.2, 0.25) is 0 Å². The van der Waals surface area contributed by atoms with Crippen molar-refractivity contribution in [1.29, 1.82) is 0 Å². The largest absolute Gasteiger partial charge is 0.493 e. The maximum absolute atomic E-state index is 10.7. The first-order valence-electron chi connectivity index (χ1n) is 7.16. The van der Waals surface area contributed by atoms with Gasteiger partial charge in [0.25, 0.3) is 0 Å². The van der Waals surface area contributed by atoms with Gasteiger partial charge in [-0.25, -0.2) is 4.79 Å². The van der Waals surface area contributed by atoms with Crippen molar-refractivity contribution in [1.82, 2.24) is 10.6 Å². The molecule has 0 saturated carbocycles. The summed E-state index contributed by atoms with van der Waals surface area (Å²) in [7, 11) is 1.53. The summed E-state index contributed by atoms with van der Waals surface area (Å²) in [5.74, 6) is 1.07. The third kappa shape index (κ3) is 6.64. The molecule has 0 bridgehead atoms. The van der Waals surface area contributed by atoms with Gasteiger partial charge in [0.05, 0.1) is 7.11 Å². The Hall–Kier alpha value is -1.99. The maximum atomic E-state index is 10.7.